The lowest BCUT2D eigenvalue weighted by Crippen LogP contribution is -2.48. The van der Waals surface area contributed by atoms with Crippen molar-refractivity contribution in [3.63, 3.8) is 0 Å². The van der Waals surface area contributed by atoms with Crippen LogP contribution in [0.5, 0.6) is 0 Å². The highest BCUT2D eigenvalue weighted by Gasteiger charge is 2.24. The van der Waals surface area contributed by atoms with Gasteiger partial charge < -0.3 is 20.6 Å². The molecule has 0 saturated carbocycles. The van der Waals surface area contributed by atoms with Crippen molar-refractivity contribution in [1.82, 2.24) is 10.2 Å². The monoisotopic (exact) mass is 291 g/mol. The fourth-order valence-electron chi connectivity index (χ4n) is 2.54. The van der Waals surface area contributed by atoms with Crippen molar-refractivity contribution in [2.45, 2.75) is 31.8 Å². The zero-order valence-electron chi connectivity index (χ0n) is 12.3. The van der Waals surface area contributed by atoms with E-state index in [4.69, 9.17) is 5.11 Å². The molecule has 2 unspecified atom stereocenters. The van der Waals surface area contributed by atoms with E-state index in [-0.39, 0.29) is 17.6 Å². The number of anilines is 1. The molecule has 1 heterocycles. The molecule has 2 rings (SSSR count). The zero-order chi connectivity index (χ0) is 15.4. The second-order valence-electron chi connectivity index (χ2n) is 5.50. The molecular weight excluding hydrogens is 270 g/mol. The van der Waals surface area contributed by atoms with Gasteiger partial charge in [-0.3, -0.25) is 0 Å². The smallest absolute Gasteiger partial charge is 0.337 e. The SMILES string of the molecule is CC1CC(NC(=O)Nc2ccccc2C(=O)O)CCN1C. The van der Waals surface area contributed by atoms with Gasteiger partial charge in [0.05, 0.1) is 11.3 Å². The maximum atomic E-state index is 12.0. The molecule has 1 saturated heterocycles. The first-order chi connectivity index (χ1) is 9.97. The van der Waals surface area contributed by atoms with Gasteiger partial charge in [0.1, 0.15) is 0 Å². The molecule has 2 amide bonds. The summed E-state index contributed by atoms with van der Waals surface area (Å²) < 4.78 is 0. The Hall–Kier alpha value is -2.08. The number of hydrogen-bond acceptors (Lipinski definition) is 3. The number of likely N-dealkylation sites (tertiary alicyclic amines) is 1. The molecule has 1 aliphatic heterocycles. The topological polar surface area (TPSA) is 81.7 Å². The molecule has 0 radical (unpaired) electrons. The van der Waals surface area contributed by atoms with E-state index in [1.807, 2.05) is 0 Å². The maximum absolute atomic E-state index is 12.0. The van der Waals surface area contributed by atoms with Gasteiger partial charge in [0.15, 0.2) is 0 Å². The van der Waals surface area contributed by atoms with Crippen LogP contribution in [0.25, 0.3) is 0 Å². The highest BCUT2D eigenvalue weighted by Crippen LogP contribution is 2.17. The van der Waals surface area contributed by atoms with E-state index in [1.54, 1.807) is 18.2 Å². The van der Waals surface area contributed by atoms with Crippen LogP contribution in [0.1, 0.15) is 30.1 Å². The number of amides is 2. The Kier molecular flexibility index (Phi) is 4.80. The minimum absolute atomic E-state index is 0.0874. The van der Waals surface area contributed by atoms with Crippen LogP contribution in [0.15, 0.2) is 24.3 Å². The maximum Gasteiger partial charge on any atom is 0.337 e. The van der Waals surface area contributed by atoms with Gasteiger partial charge in [-0.1, -0.05) is 12.1 Å². The van der Waals surface area contributed by atoms with E-state index >= 15 is 0 Å². The molecule has 0 spiro atoms. The number of nitrogens with zero attached hydrogens (tertiary/aromatic N) is 1. The average Bonchev–Trinajstić information content (AvgIpc) is 2.43. The van der Waals surface area contributed by atoms with Crippen LogP contribution < -0.4 is 10.6 Å². The normalized spacial score (nSPS) is 22.6. The van der Waals surface area contributed by atoms with Gasteiger partial charge in [0.25, 0.3) is 0 Å². The standard InChI is InChI=1S/C15H21N3O3/c1-10-9-11(7-8-18(10)2)16-15(21)17-13-6-4-3-5-12(13)14(19)20/h3-6,10-11H,7-9H2,1-2H3,(H,19,20)(H2,16,17,21). The molecule has 0 aromatic heterocycles. The van der Waals surface area contributed by atoms with Crippen LogP contribution in [0.3, 0.4) is 0 Å². The van der Waals surface area contributed by atoms with E-state index in [9.17, 15) is 9.59 Å². The minimum atomic E-state index is -1.06. The first kappa shape index (κ1) is 15.3. The third kappa shape index (κ3) is 3.95. The highest BCUT2D eigenvalue weighted by molar-refractivity contribution is 6.00. The Labute approximate surface area is 124 Å². The third-order valence-electron chi connectivity index (χ3n) is 3.95. The highest BCUT2D eigenvalue weighted by atomic mass is 16.4. The van der Waals surface area contributed by atoms with Gasteiger partial charge >= 0.3 is 12.0 Å². The van der Waals surface area contributed by atoms with Crippen molar-refractivity contribution in [2.75, 3.05) is 18.9 Å². The van der Waals surface area contributed by atoms with Crippen molar-refractivity contribution < 1.29 is 14.7 Å². The molecule has 0 aliphatic carbocycles. The Bertz CT molecular complexity index is 533. The summed E-state index contributed by atoms with van der Waals surface area (Å²) in [6.45, 7) is 3.07. The Balaban J connectivity index is 1.95. The van der Waals surface area contributed by atoms with Gasteiger partial charge in [0, 0.05) is 18.6 Å². The number of hydrogen-bond donors (Lipinski definition) is 3. The van der Waals surface area contributed by atoms with Gasteiger partial charge in [0.2, 0.25) is 0 Å². The molecular formula is C15H21N3O3. The molecule has 114 valence electrons. The summed E-state index contributed by atoms with van der Waals surface area (Å²) in [6, 6.07) is 6.56. The van der Waals surface area contributed by atoms with Crippen molar-refractivity contribution in [2.24, 2.45) is 0 Å². The first-order valence-electron chi connectivity index (χ1n) is 7.07. The number of carboxylic acid groups (broad SMARTS) is 1. The Morgan fingerprint density at radius 3 is 2.71 bits per heavy atom. The molecule has 1 aromatic rings. The zero-order valence-corrected chi connectivity index (χ0v) is 12.3. The molecule has 1 fully saturated rings. The lowest BCUT2D eigenvalue weighted by atomic mass is 9.99. The van der Waals surface area contributed by atoms with Crippen molar-refractivity contribution in [1.29, 1.82) is 0 Å². The van der Waals surface area contributed by atoms with Crippen molar-refractivity contribution in [3.8, 4) is 0 Å². The number of carboxylic acids is 1. The van der Waals surface area contributed by atoms with Gasteiger partial charge in [-0.15, -0.1) is 0 Å². The fourth-order valence-corrected chi connectivity index (χ4v) is 2.54. The van der Waals surface area contributed by atoms with E-state index in [0.29, 0.717) is 11.7 Å². The second-order valence-corrected chi connectivity index (χ2v) is 5.50. The molecule has 3 N–H and O–H groups in total. The largest absolute Gasteiger partial charge is 0.478 e. The number of aromatic carboxylic acids is 1. The molecule has 6 heteroatoms. The third-order valence-corrected chi connectivity index (χ3v) is 3.95. The summed E-state index contributed by atoms with van der Waals surface area (Å²) in [6.07, 6.45) is 1.79. The summed E-state index contributed by atoms with van der Waals surface area (Å²) in [5.74, 6) is -1.06. The fraction of sp³-hybridized carbons (Fsp3) is 0.467. The Morgan fingerprint density at radius 2 is 2.05 bits per heavy atom. The van der Waals surface area contributed by atoms with Crippen molar-refractivity contribution in [3.05, 3.63) is 29.8 Å². The van der Waals surface area contributed by atoms with Crippen LogP contribution in [-0.4, -0.2) is 47.7 Å². The number of rotatable bonds is 3. The summed E-state index contributed by atoms with van der Waals surface area (Å²) in [5.41, 5.74) is 0.396. The number of urea groups is 1. The number of piperidine rings is 1. The lowest BCUT2D eigenvalue weighted by molar-refractivity contribution is 0.0698. The first-order valence-corrected chi connectivity index (χ1v) is 7.07. The van der Waals surface area contributed by atoms with Crippen LogP contribution in [0, 0.1) is 0 Å². The van der Waals surface area contributed by atoms with Crippen LogP contribution in [-0.2, 0) is 0 Å². The van der Waals surface area contributed by atoms with E-state index < -0.39 is 5.97 Å². The lowest BCUT2D eigenvalue weighted by Gasteiger charge is -2.35. The van der Waals surface area contributed by atoms with E-state index in [0.717, 1.165) is 19.4 Å². The van der Waals surface area contributed by atoms with Gasteiger partial charge in [-0.25, -0.2) is 9.59 Å². The summed E-state index contributed by atoms with van der Waals surface area (Å²) in [4.78, 5) is 25.4. The number of benzene rings is 1. The molecule has 0 bridgehead atoms. The number of carbonyl (C=O) groups excluding carboxylic acids is 1. The number of carbonyl (C=O) groups is 2. The molecule has 1 aliphatic rings. The summed E-state index contributed by atoms with van der Waals surface area (Å²) >= 11 is 0. The van der Waals surface area contributed by atoms with Crippen LogP contribution in [0.4, 0.5) is 10.5 Å². The molecule has 6 nitrogen and oxygen atoms in total. The quantitative estimate of drug-likeness (QED) is 0.795. The van der Waals surface area contributed by atoms with Crippen LogP contribution in [0.2, 0.25) is 0 Å². The second kappa shape index (κ2) is 6.58. The number of para-hydroxylation sites is 1. The van der Waals surface area contributed by atoms with E-state index in [2.05, 4.69) is 29.5 Å². The average molecular weight is 291 g/mol. The predicted molar refractivity (Wildman–Crippen MR) is 80.7 cm³/mol. The minimum Gasteiger partial charge on any atom is -0.478 e. The Morgan fingerprint density at radius 1 is 1.33 bits per heavy atom. The molecule has 2 atom stereocenters. The van der Waals surface area contributed by atoms with E-state index in [1.165, 1.54) is 6.07 Å². The molecule has 21 heavy (non-hydrogen) atoms. The van der Waals surface area contributed by atoms with Crippen LogP contribution >= 0.6 is 0 Å². The van der Waals surface area contributed by atoms with Gasteiger partial charge in [-0.05, 0) is 38.9 Å². The summed E-state index contributed by atoms with van der Waals surface area (Å²) in [7, 11) is 2.07. The van der Waals surface area contributed by atoms with Crippen molar-refractivity contribution >= 4 is 17.7 Å². The predicted octanol–water partition coefficient (Wildman–Crippen LogP) is 1.99. The number of nitrogens with one attached hydrogen (secondary N) is 2. The summed E-state index contributed by atoms with van der Waals surface area (Å²) in [5, 5.41) is 14.6. The van der Waals surface area contributed by atoms with Gasteiger partial charge in [-0.2, -0.15) is 0 Å². The molecule has 1 aromatic carbocycles.